The summed E-state index contributed by atoms with van der Waals surface area (Å²) >= 11 is 0. The maximum absolute atomic E-state index is 14.7. The van der Waals surface area contributed by atoms with Crippen LogP contribution in [0.2, 0.25) is 0 Å². The number of hydrogen-bond acceptors (Lipinski definition) is 7. The maximum atomic E-state index is 14.7. The molecule has 2 aliphatic carbocycles. The van der Waals surface area contributed by atoms with Crippen LogP contribution in [0.3, 0.4) is 0 Å². The van der Waals surface area contributed by atoms with Crippen LogP contribution in [0.15, 0.2) is 23.1 Å². The van der Waals surface area contributed by atoms with Gasteiger partial charge in [0.2, 0.25) is 0 Å². The largest absolute Gasteiger partial charge is 0.395 e. The van der Waals surface area contributed by atoms with Crippen LogP contribution in [0, 0.1) is 11.2 Å². The second kappa shape index (κ2) is 10.4. The number of aromatic nitrogens is 1. The lowest BCUT2D eigenvalue weighted by Crippen LogP contribution is -2.40. The van der Waals surface area contributed by atoms with E-state index in [1.807, 2.05) is 0 Å². The van der Waals surface area contributed by atoms with Gasteiger partial charge < -0.3 is 20.2 Å². The number of fused-ring (bicyclic) bond motifs is 1. The monoisotopic (exact) mass is 592 g/mol. The number of aliphatic hydroxyl groups excluding tert-OH is 1. The highest BCUT2D eigenvalue weighted by molar-refractivity contribution is 7.91. The van der Waals surface area contributed by atoms with Gasteiger partial charge in [0.25, 0.3) is 11.8 Å². The molecule has 222 valence electrons. The number of nitrogens with one attached hydrogen (secondary N) is 1. The summed E-state index contributed by atoms with van der Waals surface area (Å²) in [5, 5.41) is 12.2. The Morgan fingerprint density at radius 2 is 1.63 bits per heavy atom. The molecule has 4 aliphatic rings. The number of aliphatic hydroxyl groups is 1. The fraction of sp³-hybridized carbons (Fsp3) is 0.586. The van der Waals surface area contributed by atoms with E-state index in [2.05, 4.69) is 15.2 Å². The van der Waals surface area contributed by atoms with Crippen molar-refractivity contribution in [3.63, 3.8) is 0 Å². The second-order valence-corrected chi connectivity index (χ2v) is 14.0. The van der Waals surface area contributed by atoms with E-state index in [-0.39, 0.29) is 29.6 Å². The van der Waals surface area contributed by atoms with Crippen molar-refractivity contribution in [1.29, 1.82) is 0 Å². The first-order valence-electron chi connectivity index (χ1n) is 14.4. The Morgan fingerprint density at radius 1 is 0.976 bits per heavy atom. The molecule has 2 aliphatic heterocycles. The Hall–Kier alpha value is -2.86. The first-order valence-corrected chi connectivity index (χ1v) is 16.0. The van der Waals surface area contributed by atoms with Gasteiger partial charge in [-0.25, -0.2) is 26.6 Å². The van der Waals surface area contributed by atoms with Crippen LogP contribution in [0.5, 0.6) is 0 Å². The van der Waals surface area contributed by atoms with Crippen molar-refractivity contribution in [3.05, 3.63) is 40.7 Å². The molecule has 0 radical (unpaired) electrons. The highest BCUT2D eigenvalue weighted by Gasteiger charge is 2.45. The third kappa shape index (κ3) is 5.52. The molecule has 8 nitrogen and oxygen atoms in total. The van der Waals surface area contributed by atoms with Crippen molar-refractivity contribution in [2.75, 3.05) is 53.7 Å². The molecule has 6 rings (SSSR count). The average molecular weight is 593 g/mol. The molecule has 1 spiro atoms. The summed E-state index contributed by atoms with van der Waals surface area (Å²) in [6.07, 6.45) is 5.29. The molecule has 41 heavy (non-hydrogen) atoms. The number of rotatable bonds is 7. The lowest BCUT2D eigenvalue weighted by Gasteiger charge is -2.36. The van der Waals surface area contributed by atoms with E-state index < -0.39 is 52.7 Å². The summed E-state index contributed by atoms with van der Waals surface area (Å²) in [5.41, 5.74) is 2.62. The molecule has 1 amide bonds. The third-order valence-corrected chi connectivity index (χ3v) is 11.0. The number of carbonyl (C=O) groups is 1. The summed E-state index contributed by atoms with van der Waals surface area (Å²) in [4.78, 5) is 22.0. The molecule has 3 fully saturated rings. The van der Waals surface area contributed by atoms with Gasteiger partial charge in [-0.2, -0.15) is 0 Å². The van der Waals surface area contributed by atoms with Gasteiger partial charge in [-0.15, -0.1) is 0 Å². The SMILES string of the molecule is O=C(Nc1ccc(F)c(N2CCC(F)(F)CC2)n1)c1c(N2CCC3(CC2)CC3)cc(S(=O)(=O)CCO)c2c1CCC2. The van der Waals surface area contributed by atoms with Crippen LogP contribution >= 0.6 is 0 Å². The Kier molecular flexibility index (Phi) is 7.20. The molecular formula is C29H35F3N4O4S. The van der Waals surface area contributed by atoms with Gasteiger partial charge in [0, 0.05) is 39.0 Å². The fourth-order valence-electron chi connectivity index (χ4n) is 6.59. The molecule has 2 N–H and O–H groups in total. The zero-order valence-electron chi connectivity index (χ0n) is 22.9. The molecule has 2 saturated heterocycles. The smallest absolute Gasteiger partial charge is 0.259 e. The fourth-order valence-corrected chi connectivity index (χ4v) is 7.94. The van der Waals surface area contributed by atoms with Crippen molar-refractivity contribution in [2.24, 2.45) is 5.41 Å². The number of nitrogens with zero attached hydrogens (tertiary/aromatic N) is 3. The molecular weight excluding hydrogens is 557 g/mol. The Bertz CT molecular complexity index is 1460. The maximum Gasteiger partial charge on any atom is 0.259 e. The number of benzene rings is 1. The molecule has 0 unspecified atom stereocenters. The number of hydrogen-bond donors (Lipinski definition) is 2. The number of alkyl halides is 2. The van der Waals surface area contributed by atoms with Gasteiger partial charge in [-0.3, -0.25) is 4.79 Å². The highest BCUT2D eigenvalue weighted by atomic mass is 32.2. The van der Waals surface area contributed by atoms with Crippen LogP contribution < -0.4 is 15.1 Å². The van der Waals surface area contributed by atoms with Crippen molar-refractivity contribution in [1.82, 2.24) is 4.98 Å². The third-order valence-electron chi connectivity index (χ3n) is 9.25. The average Bonchev–Trinajstić information content (AvgIpc) is 3.50. The van der Waals surface area contributed by atoms with Gasteiger partial charge in [0.15, 0.2) is 21.5 Å². The van der Waals surface area contributed by atoms with E-state index >= 15 is 0 Å². The number of anilines is 3. The molecule has 0 bridgehead atoms. The number of amides is 1. The summed E-state index contributed by atoms with van der Waals surface area (Å²) in [6.45, 7) is 0.820. The lowest BCUT2D eigenvalue weighted by molar-refractivity contribution is -0.0222. The molecule has 1 aromatic heterocycles. The quantitative estimate of drug-likeness (QED) is 0.493. The minimum absolute atomic E-state index is 0.0494. The predicted octanol–water partition coefficient (Wildman–Crippen LogP) is 4.34. The van der Waals surface area contributed by atoms with Crippen LogP contribution in [-0.2, 0) is 22.7 Å². The number of sulfone groups is 1. The van der Waals surface area contributed by atoms with Crippen molar-refractivity contribution in [2.45, 2.75) is 68.6 Å². The topological polar surface area (TPSA) is 103 Å². The molecule has 0 atom stereocenters. The van der Waals surface area contributed by atoms with Crippen LogP contribution in [0.1, 0.15) is 66.4 Å². The Labute approximate surface area is 237 Å². The molecule has 1 saturated carbocycles. The van der Waals surface area contributed by atoms with Crippen molar-refractivity contribution >= 4 is 33.1 Å². The van der Waals surface area contributed by atoms with Crippen molar-refractivity contribution < 1.29 is 31.5 Å². The van der Waals surface area contributed by atoms with Gasteiger partial charge in [-0.05, 0) is 79.7 Å². The molecule has 12 heteroatoms. The van der Waals surface area contributed by atoms with Gasteiger partial charge in [0.1, 0.15) is 5.82 Å². The first-order chi connectivity index (χ1) is 19.5. The van der Waals surface area contributed by atoms with Crippen molar-refractivity contribution in [3.8, 4) is 0 Å². The van der Waals surface area contributed by atoms with Crippen LogP contribution in [-0.4, -0.2) is 68.9 Å². The number of carbonyl (C=O) groups excluding carboxylic acids is 1. The zero-order chi connectivity index (χ0) is 29.0. The Balaban J connectivity index is 1.35. The molecule has 3 heterocycles. The zero-order valence-corrected chi connectivity index (χ0v) is 23.7. The minimum Gasteiger partial charge on any atom is -0.395 e. The summed E-state index contributed by atoms with van der Waals surface area (Å²) in [6, 6.07) is 4.11. The van der Waals surface area contributed by atoms with E-state index in [1.165, 1.54) is 29.9 Å². The van der Waals surface area contributed by atoms with E-state index in [0.29, 0.717) is 60.1 Å². The highest BCUT2D eigenvalue weighted by Crippen LogP contribution is 2.54. The lowest BCUT2D eigenvalue weighted by atomic mass is 9.92. The predicted molar refractivity (Wildman–Crippen MR) is 149 cm³/mol. The van der Waals surface area contributed by atoms with E-state index in [1.54, 1.807) is 6.07 Å². The summed E-state index contributed by atoms with van der Waals surface area (Å²) < 4.78 is 68.4. The number of halogens is 3. The van der Waals surface area contributed by atoms with Crippen LogP contribution in [0.4, 0.5) is 30.5 Å². The standard InChI is InChI=1S/C29H35F3N4O4S/c30-21-4-5-24(33-26(21)36-14-10-29(31,32)11-15-36)34-27(38)25-20-3-1-2-19(20)23(41(39,40)17-16-37)18-22(25)35-12-8-28(6-7-28)9-13-35/h4-5,18,37H,1-3,6-17H2,(H,33,34,38). The summed E-state index contributed by atoms with van der Waals surface area (Å²) in [5.74, 6) is -4.30. The summed E-state index contributed by atoms with van der Waals surface area (Å²) in [7, 11) is -3.76. The van der Waals surface area contributed by atoms with Crippen LogP contribution in [0.25, 0.3) is 0 Å². The normalized spacial score (nSPS) is 21.2. The van der Waals surface area contributed by atoms with E-state index in [4.69, 9.17) is 0 Å². The second-order valence-electron chi connectivity index (χ2n) is 11.9. The molecule has 2 aromatic rings. The first kappa shape index (κ1) is 28.3. The Morgan fingerprint density at radius 3 is 2.29 bits per heavy atom. The van der Waals surface area contributed by atoms with Gasteiger partial charge >= 0.3 is 0 Å². The number of piperidine rings is 2. The van der Waals surface area contributed by atoms with Gasteiger partial charge in [-0.1, -0.05) is 0 Å². The minimum atomic E-state index is -3.76. The molecule has 1 aromatic carbocycles. The van der Waals surface area contributed by atoms with E-state index in [0.717, 1.165) is 12.8 Å². The van der Waals surface area contributed by atoms with E-state index in [9.17, 15) is 31.5 Å². The number of pyridine rings is 1. The van der Waals surface area contributed by atoms with Gasteiger partial charge in [0.05, 0.1) is 28.5 Å².